The van der Waals surface area contributed by atoms with E-state index in [2.05, 4.69) is 11.9 Å². The average molecular weight is 274 g/mol. The highest BCUT2D eigenvalue weighted by Crippen LogP contribution is 2.18. The minimum atomic E-state index is -0.0889. The first-order chi connectivity index (χ1) is 9.45. The topological polar surface area (TPSA) is 49.4 Å². The molecule has 20 heavy (non-hydrogen) atoms. The summed E-state index contributed by atoms with van der Waals surface area (Å²) in [6.07, 6.45) is 1.94. The number of nitrogens with zero attached hydrogens (tertiary/aromatic N) is 1. The number of rotatable bonds is 6. The molecule has 0 unspecified atom stereocenters. The molecule has 0 saturated heterocycles. The van der Waals surface area contributed by atoms with Gasteiger partial charge in [0.2, 0.25) is 11.8 Å². The van der Waals surface area contributed by atoms with Gasteiger partial charge in [0.25, 0.3) is 0 Å². The van der Waals surface area contributed by atoms with E-state index in [0.29, 0.717) is 13.1 Å². The molecule has 1 aromatic carbocycles. The summed E-state index contributed by atoms with van der Waals surface area (Å²) < 4.78 is 0. The lowest BCUT2D eigenvalue weighted by molar-refractivity contribution is -0.128. The molecule has 1 aromatic rings. The van der Waals surface area contributed by atoms with Crippen LogP contribution < -0.4 is 5.32 Å². The Morgan fingerprint density at radius 3 is 2.65 bits per heavy atom. The number of hydrogen-bond acceptors (Lipinski definition) is 2. The fourth-order valence-corrected chi connectivity index (χ4v) is 1.87. The molecule has 0 aliphatic heterocycles. The van der Waals surface area contributed by atoms with Crippen molar-refractivity contribution in [1.82, 2.24) is 4.90 Å². The van der Waals surface area contributed by atoms with Crippen molar-refractivity contribution in [2.75, 3.05) is 18.4 Å². The monoisotopic (exact) mass is 274 g/mol. The zero-order valence-electron chi connectivity index (χ0n) is 12.4. The van der Waals surface area contributed by atoms with Crippen LogP contribution in [0.3, 0.4) is 0 Å². The van der Waals surface area contributed by atoms with E-state index in [1.54, 1.807) is 11.0 Å². The van der Waals surface area contributed by atoms with Gasteiger partial charge in [0.05, 0.1) is 0 Å². The Morgan fingerprint density at radius 1 is 1.35 bits per heavy atom. The molecule has 0 atom stereocenters. The minimum Gasteiger partial charge on any atom is -0.339 e. The summed E-state index contributed by atoms with van der Waals surface area (Å²) in [4.78, 5) is 24.9. The molecule has 0 heterocycles. The Balaban J connectivity index is 2.57. The van der Waals surface area contributed by atoms with Gasteiger partial charge in [0.1, 0.15) is 0 Å². The first-order valence-electron chi connectivity index (χ1n) is 6.68. The van der Waals surface area contributed by atoms with Crippen molar-refractivity contribution in [3.05, 3.63) is 42.0 Å². The van der Waals surface area contributed by atoms with E-state index in [0.717, 1.165) is 16.8 Å². The van der Waals surface area contributed by atoms with E-state index >= 15 is 0 Å². The molecule has 0 bridgehead atoms. The summed E-state index contributed by atoms with van der Waals surface area (Å²) in [6.45, 7) is 9.95. The predicted octanol–water partition coefficient (Wildman–Crippen LogP) is 2.67. The third-order valence-corrected chi connectivity index (χ3v) is 3.28. The third kappa shape index (κ3) is 4.53. The fraction of sp³-hybridized carbons (Fsp3) is 0.375. The molecular weight excluding hydrogens is 252 g/mol. The molecule has 0 aliphatic rings. The Kier molecular flexibility index (Phi) is 5.97. The van der Waals surface area contributed by atoms with Crippen LogP contribution in [0.1, 0.15) is 24.5 Å². The standard InChI is InChI=1S/C16H22N2O2/c1-5-10-18(14(4)19)11-9-16(20)17-15-8-6-7-12(2)13(15)3/h5-8H,1,9-11H2,2-4H3,(H,17,20). The van der Waals surface area contributed by atoms with Crippen LogP contribution in [0.15, 0.2) is 30.9 Å². The highest BCUT2D eigenvalue weighted by molar-refractivity contribution is 5.92. The van der Waals surface area contributed by atoms with E-state index < -0.39 is 0 Å². The lowest BCUT2D eigenvalue weighted by Crippen LogP contribution is -2.32. The largest absolute Gasteiger partial charge is 0.339 e. The zero-order valence-corrected chi connectivity index (χ0v) is 12.4. The Hall–Kier alpha value is -2.10. The van der Waals surface area contributed by atoms with Gasteiger partial charge in [-0.1, -0.05) is 18.2 Å². The van der Waals surface area contributed by atoms with E-state index in [-0.39, 0.29) is 18.2 Å². The van der Waals surface area contributed by atoms with Crippen molar-refractivity contribution in [3.63, 3.8) is 0 Å². The lowest BCUT2D eigenvalue weighted by atomic mass is 10.1. The maximum Gasteiger partial charge on any atom is 0.226 e. The Labute approximate surface area is 120 Å². The normalized spacial score (nSPS) is 9.95. The summed E-state index contributed by atoms with van der Waals surface area (Å²) in [5.74, 6) is -0.140. The van der Waals surface area contributed by atoms with E-state index in [1.165, 1.54) is 6.92 Å². The summed E-state index contributed by atoms with van der Waals surface area (Å²) in [7, 11) is 0. The third-order valence-electron chi connectivity index (χ3n) is 3.28. The number of nitrogens with one attached hydrogen (secondary N) is 1. The maximum absolute atomic E-state index is 11.9. The smallest absolute Gasteiger partial charge is 0.226 e. The van der Waals surface area contributed by atoms with Crippen molar-refractivity contribution in [2.24, 2.45) is 0 Å². The molecule has 0 radical (unpaired) electrons. The maximum atomic E-state index is 11.9. The summed E-state index contributed by atoms with van der Waals surface area (Å²) in [5.41, 5.74) is 3.03. The average Bonchev–Trinajstić information content (AvgIpc) is 2.39. The molecule has 1 N–H and O–H groups in total. The molecule has 2 amide bonds. The first kappa shape index (κ1) is 16.0. The van der Waals surface area contributed by atoms with Crippen LogP contribution in [0, 0.1) is 13.8 Å². The van der Waals surface area contributed by atoms with E-state index in [9.17, 15) is 9.59 Å². The number of carbonyl (C=O) groups is 2. The number of anilines is 1. The lowest BCUT2D eigenvalue weighted by Gasteiger charge is -2.19. The molecule has 0 aliphatic carbocycles. The first-order valence-corrected chi connectivity index (χ1v) is 6.68. The van der Waals surface area contributed by atoms with Crippen molar-refractivity contribution in [2.45, 2.75) is 27.2 Å². The second kappa shape index (κ2) is 7.48. The van der Waals surface area contributed by atoms with Crippen LogP contribution in [0.4, 0.5) is 5.69 Å². The number of benzene rings is 1. The molecule has 0 fully saturated rings. The van der Waals surface area contributed by atoms with Gasteiger partial charge in [-0.2, -0.15) is 0 Å². The van der Waals surface area contributed by atoms with Crippen molar-refractivity contribution in [3.8, 4) is 0 Å². The number of carbonyl (C=O) groups excluding carboxylic acids is 2. The van der Waals surface area contributed by atoms with Crippen molar-refractivity contribution in [1.29, 1.82) is 0 Å². The summed E-state index contributed by atoms with van der Waals surface area (Å²) in [5, 5.41) is 2.88. The van der Waals surface area contributed by atoms with Crippen LogP contribution >= 0.6 is 0 Å². The number of aryl methyl sites for hydroxylation is 1. The number of amides is 2. The van der Waals surface area contributed by atoms with E-state index in [4.69, 9.17) is 0 Å². The summed E-state index contributed by atoms with van der Waals surface area (Å²) >= 11 is 0. The number of hydrogen-bond donors (Lipinski definition) is 1. The van der Waals surface area contributed by atoms with Crippen molar-refractivity contribution >= 4 is 17.5 Å². The highest BCUT2D eigenvalue weighted by atomic mass is 16.2. The predicted molar refractivity (Wildman–Crippen MR) is 81.6 cm³/mol. The molecule has 0 saturated carbocycles. The van der Waals surface area contributed by atoms with Gasteiger partial charge in [0.15, 0.2) is 0 Å². The summed E-state index contributed by atoms with van der Waals surface area (Å²) in [6, 6.07) is 5.80. The van der Waals surface area contributed by atoms with Gasteiger partial charge < -0.3 is 10.2 Å². The molecule has 0 aromatic heterocycles. The molecular formula is C16H22N2O2. The van der Waals surface area contributed by atoms with E-state index in [1.807, 2.05) is 32.0 Å². The van der Waals surface area contributed by atoms with Gasteiger partial charge in [-0.15, -0.1) is 6.58 Å². The molecule has 4 nitrogen and oxygen atoms in total. The van der Waals surface area contributed by atoms with Gasteiger partial charge in [0, 0.05) is 32.1 Å². The zero-order chi connectivity index (χ0) is 15.1. The Morgan fingerprint density at radius 2 is 2.05 bits per heavy atom. The quantitative estimate of drug-likeness (QED) is 0.811. The molecule has 108 valence electrons. The molecule has 4 heteroatoms. The van der Waals surface area contributed by atoms with Gasteiger partial charge in [-0.05, 0) is 31.0 Å². The minimum absolute atomic E-state index is 0.0514. The fourth-order valence-electron chi connectivity index (χ4n) is 1.87. The van der Waals surface area contributed by atoms with Gasteiger partial charge in [-0.3, -0.25) is 9.59 Å². The van der Waals surface area contributed by atoms with Crippen LogP contribution in [0.25, 0.3) is 0 Å². The van der Waals surface area contributed by atoms with Crippen LogP contribution in [0.2, 0.25) is 0 Å². The SMILES string of the molecule is C=CCN(CCC(=O)Nc1cccc(C)c1C)C(C)=O. The second-order valence-corrected chi connectivity index (χ2v) is 4.80. The Bertz CT molecular complexity index is 509. The van der Waals surface area contributed by atoms with Crippen LogP contribution in [0.5, 0.6) is 0 Å². The van der Waals surface area contributed by atoms with Gasteiger partial charge in [-0.25, -0.2) is 0 Å². The highest BCUT2D eigenvalue weighted by Gasteiger charge is 2.10. The van der Waals surface area contributed by atoms with Crippen LogP contribution in [-0.4, -0.2) is 29.8 Å². The second-order valence-electron chi connectivity index (χ2n) is 4.80. The molecule has 0 spiro atoms. The van der Waals surface area contributed by atoms with Crippen LogP contribution in [-0.2, 0) is 9.59 Å². The molecule has 1 rings (SSSR count). The van der Waals surface area contributed by atoms with Gasteiger partial charge >= 0.3 is 0 Å². The van der Waals surface area contributed by atoms with Crippen molar-refractivity contribution < 1.29 is 9.59 Å².